The predicted octanol–water partition coefficient (Wildman–Crippen LogP) is 4.02. The maximum Gasteiger partial charge on any atom is 0.332 e. The van der Waals surface area contributed by atoms with Gasteiger partial charge in [0, 0.05) is 11.1 Å². The average Bonchev–Trinajstić information content (AvgIpc) is 2.80. The van der Waals surface area contributed by atoms with Crippen LogP contribution in [0.4, 0.5) is 11.4 Å². The van der Waals surface area contributed by atoms with E-state index in [9.17, 15) is 29.4 Å². The summed E-state index contributed by atoms with van der Waals surface area (Å²) in [4.78, 5) is 57.8. The standard InChI is InChI=1S/C20H15N3O8/c1-30-15-6-9(3-4-13(15)21-27)17-11-8-14(22-28)16(31-2)7-10(11)5-12(20(25)26)18(17)19(24)23-29/h3-8,17-18H,1-2H3,(H,25,26). The molecule has 0 aromatic heterocycles. The highest BCUT2D eigenvalue weighted by Gasteiger charge is 2.42. The Morgan fingerprint density at radius 3 is 2.13 bits per heavy atom. The average molecular weight is 425 g/mol. The van der Waals surface area contributed by atoms with Gasteiger partial charge < -0.3 is 14.6 Å². The number of hydrogen-bond donors (Lipinski definition) is 1. The van der Waals surface area contributed by atoms with Crippen LogP contribution in [0.2, 0.25) is 0 Å². The summed E-state index contributed by atoms with van der Waals surface area (Å²) in [6.07, 6.45) is 1.22. The van der Waals surface area contributed by atoms with Crippen LogP contribution in [-0.4, -0.2) is 31.2 Å². The van der Waals surface area contributed by atoms with Gasteiger partial charge in [-0.2, -0.15) is 0 Å². The lowest BCUT2D eigenvalue weighted by molar-refractivity contribution is -0.135. The number of carbonyl (C=O) groups is 2. The third-order valence-corrected chi connectivity index (χ3v) is 5.06. The molecule has 3 rings (SSSR count). The van der Waals surface area contributed by atoms with Crippen LogP contribution in [0.15, 0.2) is 51.4 Å². The van der Waals surface area contributed by atoms with Gasteiger partial charge in [-0.3, -0.25) is 4.79 Å². The number of nitroso groups, excluding NO2 is 3. The highest BCUT2D eigenvalue weighted by Crippen LogP contribution is 2.48. The highest BCUT2D eigenvalue weighted by molar-refractivity contribution is 6.02. The molecule has 1 amide bonds. The van der Waals surface area contributed by atoms with Gasteiger partial charge >= 0.3 is 5.97 Å². The molecular formula is C20H15N3O8. The Kier molecular flexibility index (Phi) is 5.95. The van der Waals surface area contributed by atoms with Crippen molar-refractivity contribution < 1.29 is 24.2 Å². The summed E-state index contributed by atoms with van der Waals surface area (Å²) in [5, 5.41) is 17.9. The minimum atomic E-state index is -1.49. The van der Waals surface area contributed by atoms with E-state index in [2.05, 4.69) is 15.5 Å². The second-order valence-corrected chi connectivity index (χ2v) is 6.56. The molecule has 31 heavy (non-hydrogen) atoms. The van der Waals surface area contributed by atoms with Crippen molar-refractivity contribution in [3.05, 3.63) is 67.3 Å². The number of carboxylic acids is 1. The smallest absolute Gasteiger partial charge is 0.332 e. The van der Waals surface area contributed by atoms with Crippen molar-refractivity contribution in [2.45, 2.75) is 5.92 Å². The van der Waals surface area contributed by atoms with Gasteiger partial charge in [0.25, 0.3) is 5.91 Å². The van der Waals surface area contributed by atoms with E-state index in [-0.39, 0.29) is 28.4 Å². The third kappa shape index (κ3) is 3.68. The van der Waals surface area contributed by atoms with Gasteiger partial charge in [0.1, 0.15) is 22.9 Å². The highest BCUT2D eigenvalue weighted by atomic mass is 16.5. The van der Waals surface area contributed by atoms with Crippen LogP contribution in [0, 0.1) is 20.6 Å². The molecule has 0 heterocycles. The summed E-state index contributed by atoms with van der Waals surface area (Å²) in [5.74, 6) is -4.99. The Morgan fingerprint density at radius 1 is 0.935 bits per heavy atom. The van der Waals surface area contributed by atoms with Crippen molar-refractivity contribution in [1.82, 2.24) is 0 Å². The lowest BCUT2D eigenvalue weighted by atomic mass is 9.71. The minimum absolute atomic E-state index is 0.0161. The van der Waals surface area contributed by atoms with E-state index in [1.807, 2.05) is 0 Å². The van der Waals surface area contributed by atoms with E-state index >= 15 is 0 Å². The number of hydrogen-bond acceptors (Lipinski definition) is 9. The van der Waals surface area contributed by atoms with Crippen LogP contribution >= 0.6 is 0 Å². The maximum absolute atomic E-state index is 12.4. The van der Waals surface area contributed by atoms with E-state index < -0.39 is 23.7 Å². The van der Waals surface area contributed by atoms with Gasteiger partial charge in [0.2, 0.25) is 0 Å². The first-order chi connectivity index (χ1) is 14.9. The molecule has 0 spiro atoms. The Hall–Kier alpha value is -4.28. The third-order valence-electron chi connectivity index (χ3n) is 5.06. The summed E-state index contributed by atoms with van der Waals surface area (Å²) < 4.78 is 10.3. The molecular weight excluding hydrogens is 410 g/mol. The number of nitrogens with zero attached hydrogens (tertiary/aromatic N) is 3. The molecule has 158 valence electrons. The first-order valence-electron chi connectivity index (χ1n) is 8.78. The van der Waals surface area contributed by atoms with E-state index in [1.165, 1.54) is 50.6 Å². The van der Waals surface area contributed by atoms with Crippen LogP contribution in [-0.2, 0) is 9.59 Å². The molecule has 0 saturated carbocycles. The second-order valence-electron chi connectivity index (χ2n) is 6.56. The van der Waals surface area contributed by atoms with Crippen molar-refractivity contribution in [3.63, 3.8) is 0 Å². The SMILES string of the molecule is COc1cc(C2c3cc(N=O)c(OC)cc3C=C(C(=O)O)C2C(=O)N=O)ccc1N=O. The Labute approximate surface area is 174 Å². The number of carbonyl (C=O) groups excluding carboxylic acids is 1. The van der Waals surface area contributed by atoms with Gasteiger partial charge in [-0.05, 0) is 57.4 Å². The molecule has 0 aliphatic heterocycles. The lowest BCUT2D eigenvalue weighted by Crippen LogP contribution is -2.30. The number of carboxylic acid groups (broad SMARTS) is 1. The first kappa shape index (κ1) is 21.4. The number of methoxy groups -OCH3 is 2. The van der Waals surface area contributed by atoms with Crippen molar-refractivity contribution >= 4 is 29.3 Å². The van der Waals surface area contributed by atoms with E-state index in [0.717, 1.165) is 0 Å². The number of benzene rings is 2. The summed E-state index contributed by atoms with van der Waals surface area (Å²) in [6, 6.07) is 6.94. The number of fused-ring (bicyclic) bond motifs is 1. The van der Waals surface area contributed by atoms with Crippen LogP contribution in [0.3, 0.4) is 0 Å². The number of aliphatic carboxylic acids is 1. The maximum atomic E-state index is 12.4. The summed E-state index contributed by atoms with van der Waals surface area (Å²) >= 11 is 0. The fourth-order valence-corrected chi connectivity index (χ4v) is 3.71. The molecule has 0 bridgehead atoms. The molecule has 2 unspecified atom stereocenters. The van der Waals surface area contributed by atoms with Crippen LogP contribution < -0.4 is 9.47 Å². The Bertz CT molecular complexity index is 1140. The largest absolute Gasteiger partial charge is 0.494 e. The fourth-order valence-electron chi connectivity index (χ4n) is 3.71. The number of ether oxygens (including phenoxy) is 2. The zero-order valence-corrected chi connectivity index (χ0v) is 16.3. The van der Waals surface area contributed by atoms with Gasteiger partial charge in [0.05, 0.1) is 25.7 Å². The molecule has 1 aliphatic rings. The number of rotatable bonds is 7. The van der Waals surface area contributed by atoms with Gasteiger partial charge in [-0.1, -0.05) is 6.07 Å². The van der Waals surface area contributed by atoms with Crippen LogP contribution in [0.1, 0.15) is 22.6 Å². The molecule has 0 fully saturated rings. The normalized spacial score (nSPS) is 17.0. The molecule has 2 aromatic rings. The number of amides is 1. The van der Waals surface area contributed by atoms with Crippen LogP contribution in [0.5, 0.6) is 11.5 Å². The van der Waals surface area contributed by atoms with E-state index in [1.54, 1.807) is 0 Å². The molecule has 11 heteroatoms. The summed E-state index contributed by atoms with van der Waals surface area (Å²) in [5.41, 5.74) is 0.558. The van der Waals surface area contributed by atoms with Gasteiger partial charge in [-0.25, -0.2) is 4.79 Å². The molecule has 1 aliphatic carbocycles. The topological polar surface area (TPSA) is 161 Å². The van der Waals surface area contributed by atoms with Gasteiger partial charge in [-0.15, -0.1) is 14.7 Å². The van der Waals surface area contributed by atoms with Crippen molar-refractivity contribution in [3.8, 4) is 11.5 Å². The quantitative estimate of drug-likeness (QED) is 0.650. The first-order valence-corrected chi connectivity index (χ1v) is 8.78. The zero-order valence-electron chi connectivity index (χ0n) is 16.3. The predicted molar refractivity (Wildman–Crippen MR) is 109 cm³/mol. The van der Waals surface area contributed by atoms with Crippen LogP contribution in [0.25, 0.3) is 6.08 Å². The molecule has 0 saturated heterocycles. The van der Waals surface area contributed by atoms with Crippen molar-refractivity contribution in [2.24, 2.45) is 21.4 Å². The molecule has 2 atom stereocenters. The van der Waals surface area contributed by atoms with Gasteiger partial charge in [0.15, 0.2) is 0 Å². The van der Waals surface area contributed by atoms with Crippen molar-refractivity contribution in [2.75, 3.05) is 14.2 Å². The molecule has 1 N–H and O–H groups in total. The minimum Gasteiger partial charge on any atom is -0.494 e. The molecule has 11 nitrogen and oxygen atoms in total. The monoisotopic (exact) mass is 425 g/mol. The lowest BCUT2D eigenvalue weighted by Gasteiger charge is -2.31. The fraction of sp³-hybridized carbons (Fsp3) is 0.200. The van der Waals surface area contributed by atoms with E-state index in [4.69, 9.17) is 9.47 Å². The summed E-state index contributed by atoms with van der Waals surface area (Å²) in [7, 11) is 2.62. The Morgan fingerprint density at radius 2 is 1.58 bits per heavy atom. The Balaban J connectivity index is 2.37. The molecule has 0 radical (unpaired) electrons. The molecule has 2 aromatic carbocycles. The second kappa shape index (κ2) is 8.61. The summed E-state index contributed by atoms with van der Waals surface area (Å²) in [6.45, 7) is 0. The van der Waals surface area contributed by atoms with Crippen molar-refractivity contribution in [1.29, 1.82) is 0 Å². The van der Waals surface area contributed by atoms with E-state index in [0.29, 0.717) is 16.7 Å². The zero-order chi connectivity index (χ0) is 22.7.